The van der Waals surface area contributed by atoms with Crippen molar-refractivity contribution in [3.05, 3.63) is 46.6 Å². The predicted molar refractivity (Wildman–Crippen MR) is 134 cm³/mol. The van der Waals surface area contributed by atoms with Crippen molar-refractivity contribution in [2.45, 2.75) is 18.6 Å². The number of aliphatic hydroxyl groups excluding tert-OH is 1. The molecule has 29 heavy (non-hydrogen) atoms. The minimum Gasteiger partial charge on any atom is -0.507 e. The van der Waals surface area contributed by atoms with E-state index in [2.05, 4.69) is 50.5 Å². The average molecular weight is 739 g/mol. The summed E-state index contributed by atoms with van der Waals surface area (Å²) in [5.41, 5.74) is 0.851. The molecule has 0 radical (unpaired) electrons. The molecule has 7 nitrogen and oxygen atoms in total. The van der Waals surface area contributed by atoms with Gasteiger partial charge in [0.1, 0.15) is 17.5 Å². The van der Waals surface area contributed by atoms with Crippen LogP contribution < -0.4 is 10.1 Å². The maximum absolute atomic E-state index is 11.6. The number of ether oxygens (including phenoxy) is 2. The number of hydrogen-bond donors (Lipinski definition) is 4. The Balaban J connectivity index is 2.15. The SMILES string of the molecule is COC(CO)CNC(Cc1cc(I)c(Oc2ccc(O)c(I)c2)c(I)c1)C(=O)O. The molecule has 2 rings (SSSR count). The molecule has 0 aliphatic carbocycles. The van der Waals surface area contributed by atoms with E-state index in [4.69, 9.17) is 9.47 Å². The molecule has 0 fully saturated rings. The fraction of sp³-hybridized carbons (Fsp3) is 0.316. The molecule has 0 amide bonds. The maximum atomic E-state index is 11.6. The number of rotatable bonds is 10. The van der Waals surface area contributed by atoms with Gasteiger partial charge in [0.15, 0.2) is 5.75 Å². The maximum Gasteiger partial charge on any atom is 0.321 e. The smallest absolute Gasteiger partial charge is 0.321 e. The van der Waals surface area contributed by atoms with Crippen LogP contribution in [0.5, 0.6) is 17.2 Å². The number of phenolic OH excluding ortho intramolecular Hbond substituents is 1. The highest BCUT2D eigenvalue weighted by atomic mass is 127. The number of halogens is 3. The number of methoxy groups -OCH3 is 1. The van der Waals surface area contributed by atoms with Gasteiger partial charge in [0.2, 0.25) is 0 Å². The van der Waals surface area contributed by atoms with E-state index in [0.29, 0.717) is 15.1 Å². The fourth-order valence-corrected chi connectivity index (χ4v) is 5.08. The molecule has 0 aromatic heterocycles. The Kier molecular flexibility index (Phi) is 10.1. The van der Waals surface area contributed by atoms with Crippen LogP contribution >= 0.6 is 67.8 Å². The first-order chi connectivity index (χ1) is 13.7. The lowest BCUT2D eigenvalue weighted by atomic mass is 10.1. The van der Waals surface area contributed by atoms with Crippen molar-refractivity contribution in [1.29, 1.82) is 0 Å². The summed E-state index contributed by atoms with van der Waals surface area (Å²) >= 11 is 6.35. The Hall–Kier alpha value is -0.420. The van der Waals surface area contributed by atoms with Gasteiger partial charge in [-0.05, 0) is 110 Å². The van der Waals surface area contributed by atoms with Crippen molar-refractivity contribution in [3.8, 4) is 17.2 Å². The summed E-state index contributed by atoms with van der Waals surface area (Å²) in [6, 6.07) is 7.98. The molecule has 2 aromatic rings. The zero-order valence-electron chi connectivity index (χ0n) is 15.4. The summed E-state index contributed by atoms with van der Waals surface area (Å²) in [6.07, 6.45) is -0.179. The van der Waals surface area contributed by atoms with Crippen LogP contribution in [0.15, 0.2) is 30.3 Å². The number of carboxylic acid groups (broad SMARTS) is 1. The normalized spacial score (nSPS) is 13.1. The molecule has 2 unspecified atom stereocenters. The van der Waals surface area contributed by atoms with Crippen molar-refractivity contribution >= 4 is 73.7 Å². The minimum absolute atomic E-state index is 0.187. The lowest BCUT2D eigenvalue weighted by molar-refractivity contribution is -0.139. The van der Waals surface area contributed by atoms with Gasteiger partial charge in [0.25, 0.3) is 0 Å². The third kappa shape index (κ3) is 7.34. The monoisotopic (exact) mass is 739 g/mol. The highest BCUT2D eigenvalue weighted by Gasteiger charge is 2.21. The second kappa shape index (κ2) is 11.8. The first kappa shape index (κ1) is 24.8. The molecule has 2 atom stereocenters. The Morgan fingerprint density at radius 2 is 1.79 bits per heavy atom. The highest BCUT2D eigenvalue weighted by Crippen LogP contribution is 2.35. The molecule has 0 aliphatic rings. The van der Waals surface area contributed by atoms with Crippen LogP contribution in [0.1, 0.15) is 5.56 Å². The molecule has 2 aromatic carbocycles. The van der Waals surface area contributed by atoms with Gasteiger partial charge < -0.3 is 30.1 Å². The third-order valence-corrected chi connectivity index (χ3v) is 6.53. The molecular formula is C19H20I3NO6. The van der Waals surface area contributed by atoms with Crippen molar-refractivity contribution in [3.63, 3.8) is 0 Å². The van der Waals surface area contributed by atoms with E-state index in [0.717, 1.165) is 12.7 Å². The molecule has 0 spiro atoms. The quantitative estimate of drug-likeness (QED) is 0.276. The number of phenols is 1. The number of benzene rings is 2. The predicted octanol–water partition coefficient (Wildman–Crippen LogP) is 3.59. The molecule has 158 valence electrons. The van der Waals surface area contributed by atoms with Crippen molar-refractivity contribution < 1.29 is 29.6 Å². The summed E-state index contributed by atoms with van der Waals surface area (Å²) in [4.78, 5) is 11.6. The lowest BCUT2D eigenvalue weighted by Gasteiger charge is -2.19. The Bertz CT molecular complexity index is 837. The first-order valence-corrected chi connectivity index (χ1v) is 11.7. The summed E-state index contributed by atoms with van der Waals surface area (Å²) in [6.45, 7) is 0.0483. The third-order valence-electron chi connectivity index (χ3n) is 4.06. The van der Waals surface area contributed by atoms with Crippen LogP contribution in [0.3, 0.4) is 0 Å². The van der Waals surface area contributed by atoms with Crippen LogP contribution in [0.2, 0.25) is 0 Å². The zero-order valence-corrected chi connectivity index (χ0v) is 21.8. The molecule has 0 bridgehead atoms. The summed E-state index contributed by atoms with van der Waals surface area (Å²) in [5, 5.41) is 31.3. The van der Waals surface area contributed by atoms with Gasteiger partial charge in [0, 0.05) is 13.7 Å². The van der Waals surface area contributed by atoms with E-state index < -0.39 is 18.1 Å². The van der Waals surface area contributed by atoms with Gasteiger partial charge in [-0.25, -0.2) is 0 Å². The fourth-order valence-electron chi connectivity index (χ4n) is 2.48. The van der Waals surface area contributed by atoms with Gasteiger partial charge in [-0.15, -0.1) is 0 Å². The Morgan fingerprint density at radius 1 is 1.14 bits per heavy atom. The largest absolute Gasteiger partial charge is 0.507 e. The minimum atomic E-state index is -0.971. The number of aromatic hydroxyl groups is 1. The molecular weight excluding hydrogens is 719 g/mol. The Morgan fingerprint density at radius 3 is 2.31 bits per heavy atom. The Labute approximate surface area is 209 Å². The number of hydrogen-bond acceptors (Lipinski definition) is 6. The molecule has 0 heterocycles. The number of carboxylic acids is 1. The number of nitrogens with one attached hydrogen (secondary N) is 1. The lowest BCUT2D eigenvalue weighted by Crippen LogP contribution is -2.43. The van der Waals surface area contributed by atoms with Crippen molar-refractivity contribution in [1.82, 2.24) is 5.32 Å². The van der Waals surface area contributed by atoms with E-state index in [-0.39, 0.29) is 25.3 Å². The van der Waals surface area contributed by atoms with E-state index in [9.17, 15) is 20.1 Å². The number of aliphatic carboxylic acids is 1. The summed E-state index contributed by atoms with van der Waals surface area (Å²) in [7, 11) is 1.47. The van der Waals surface area contributed by atoms with E-state index in [1.807, 2.05) is 34.7 Å². The molecule has 10 heteroatoms. The number of aliphatic hydroxyl groups is 1. The van der Waals surface area contributed by atoms with Gasteiger partial charge in [-0.1, -0.05) is 0 Å². The van der Waals surface area contributed by atoms with Crippen molar-refractivity contribution in [2.24, 2.45) is 0 Å². The van der Waals surface area contributed by atoms with Gasteiger partial charge in [-0.2, -0.15) is 0 Å². The van der Waals surface area contributed by atoms with Crippen molar-refractivity contribution in [2.75, 3.05) is 20.3 Å². The standard InChI is InChI=1S/C19H20I3NO6/c1-28-12(9-24)8-23-16(19(26)27)6-10-4-14(21)18(15(22)5-10)29-11-2-3-17(25)13(20)7-11/h2-5,7,12,16,23-25H,6,8-9H2,1H3,(H,26,27). The second-order valence-electron chi connectivity index (χ2n) is 6.15. The van der Waals surface area contributed by atoms with E-state index >= 15 is 0 Å². The highest BCUT2D eigenvalue weighted by molar-refractivity contribution is 14.1. The summed E-state index contributed by atoms with van der Waals surface area (Å²) in [5.74, 6) is 0.509. The molecule has 4 N–H and O–H groups in total. The van der Waals surface area contributed by atoms with Gasteiger partial charge in [-0.3, -0.25) is 4.79 Å². The van der Waals surface area contributed by atoms with Crippen LogP contribution in [0.25, 0.3) is 0 Å². The second-order valence-corrected chi connectivity index (χ2v) is 9.63. The average Bonchev–Trinajstić information content (AvgIpc) is 2.67. The zero-order chi connectivity index (χ0) is 21.6. The topological polar surface area (TPSA) is 108 Å². The van der Waals surface area contributed by atoms with Crippen LogP contribution in [-0.4, -0.2) is 53.7 Å². The van der Waals surface area contributed by atoms with Gasteiger partial charge >= 0.3 is 5.97 Å². The first-order valence-electron chi connectivity index (χ1n) is 8.49. The van der Waals surface area contributed by atoms with Crippen LogP contribution in [-0.2, 0) is 16.0 Å². The van der Waals surface area contributed by atoms with Gasteiger partial charge in [0.05, 0.1) is 23.4 Å². The van der Waals surface area contributed by atoms with E-state index in [1.165, 1.54) is 7.11 Å². The van der Waals surface area contributed by atoms with Crippen LogP contribution in [0, 0.1) is 10.7 Å². The number of carbonyl (C=O) groups is 1. The molecule has 0 saturated heterocycles. The molecule has 0 aliphatic heterocycles. The van der Waals surface area contributed by atoms with Crippen LogP contribution in [0.4, 0.5) is 0 Å². The molecule has 0 saturated carbocycles. The summed E-state index contributed by atoms with van der Waals surface area (Å²) < 4.78 is 13.4. The van der Waals surface area contributed by atoms with E-state index in [1.54, 1.807) is 18.2 Å².